The number of aryl methyl sites for hydroxylation is 1. The van der Waals surface area contributed by atoms with Crippen molar-refractivity contribution in [3.8, 4) is 0 Å². The standard InChI is InChI=1S/C15H16N2OS/c1-12-5-4-7-14(9-12)19-11-15(18)17-10-13-6-2-3-8-16-13/h2-9H,10-11H2,1H3,(H,17,18). The molecule has 0 atom stereocenters. The SMILES string of the molecule is Cc1cccc(SCC(=O)NCc2ccccn2)c1. The topological polar surface area (TPSA) is 42.0 Å². The summed E-state index contributed by atoms with van der Waals surface area (Å²) in [5.74, 6) is 0.452. The molecular formula is C15H16N2OS. The zero-order valence-electron chi connectivity index (χ0n) is 10.8. The fourth-order valence-electron chi connectivity index (χ4n) is 1.60. The molecule has 0 aliphatic carbocycles. The lowest BCUT2D eigenvalue weighted by molar-refractivity contribution is -0.118. The predicted octanol–water partition coefficient (Wildman–Crippen LogP) is 2.80. The molecule has 0 aliphatic rings. The lowest BCUT2D eigenvalue weighted by Crippen LogP contribution is -2.24. The molecule has 98 valence electrons. The minimum absolute atomic E-state index is 0.0251. The van der Waals surface area contributed by atoms with E-state index in [1.54, 1.807) is 18.0 Å². The average Bonchev–Trinajstić information content (AvgIpc) is 2.44. The molecular weight excluding hydrogens is 256 g/mol. The molecule has 4 heteroatoms. The third-order valence-electron chi connectivity index (χ3n) is 2.55. The highest BCUT2D eigenvalue weighted by atomic mass is 32.2. The minimum atomic E-state index is 0.0251. The number of thioether (sulfide) groups is 1. The van der Waals surface area contributed by atoms with Crippen LogP contribution in [0.4, 0.5) is 0 Å². The summed E-state index contributed by atoms with van der Waals surface area (Å²) in [5, 5.41) is 2.86. The van der Waals surface area contributed by atoms with Gasteiger partial charge in [-0.25, -0.2) is 0 Å². The lowest BCUT2D eigenvalue weighted by atomic mass is 10.2. The molecule has 0 bridgehead atoms. The first kappa shape index (κ1) is 13.6. The van der Waals surface area contributed by atoms with Crippen LogP contribution in [0.2, 0.25) is 0 Å². The second-order valence-electron chi connectivity index (χ2n) is 4.20. The molecule has 1 aromatic heterocycles. The fraction of sp³-hybridized carbons (Fsp3) is 0.200. The summed E-state index contributed by atoms with van der Waals surface area (Å²) in [6.07, 6.45) is 1.73. The van der Waals surface area contributed by atoms with Crippen molar-refractivity contribution < 1.29 is 4.79 Å². The van der Waals surface area contributed by atoms with E-state index < -0.39 is 0 Å². The zero-order chi connectivity index (χ0) is 13.5. The number of aromatic nitrogens is 1. The summed E-state index contributed by atoms with van der Waals surface area (Å²) in [6.45, 7) is 2.53. The second kappa shape index (κ2) is 6.95. The molecule has 0 unspecified atom stereocenters. The average molecular weight is 272 g/mol. The Morgan fingerprint density at radius 1 is 1.26 bits per heavy atom. The van der Waals surface area contributed by atoms with Crippen LogP contribution in [0.5, 0.6) is 0 Å². The first-order valence-electron chi connectivity index (χ1n) is 6.10. The van der Waals surface area contributed by atoms with Crippen molar-refractivity contribution in [2.75, 3.05) is 5.75 Å². The maximum atomic E-state index is 11.7. The fourth-order valence-corrected chi connectivity index (χ4v) is 2.44. The number of amides is 1. The van der Waals surface area contributed by atoms with E-state index in [1.165, 1.54) is 5.56 Å². The van der Waals surface area contributed by atoms with Crippen LogP contribution in [-0.4, -0.2) is 16.6 Å². The van der Waals surface area contributed by atoms with Gasteiger partial charge in [-0.15, -0.1) is 11.8 Å². The van der Waals surface area contributed by atoms with Crippen LogP contribution in [-0.2, 0) is 11.3 Å². The number of nitrogens with zero attached hydrogens (tertiary/aromatic N) is 1. The number of hydrogen-bond donors (Lipinski definition) is 1. The van der Waals surface area contributed by atoms with Crippen molar-refractivity contribution in [1.82, 2.24) is 10.3 Å². The van der Waals surface area contributed by atoms with E-state index >= 15 is 0 Å². The van der Waals surface area contributed by atoms with Gasteiger partial charge in [0.25, 0.3) is 0 Å². The smallest absolute Gasteiger partial charge is 0.230 e. The Morgan fingerprint density at radius 3 is 2.89 bits per heavy atom. The molecule has 1 aromatic carbocycles. The van der Waals surface area contributed by atoms with Crippen molar-refractivity contribution in [2.24, 2.45) is 0 Å². The van der Waals surface area contributed by atoms with E-state index in [-0.39, 0.29) is 5.91 Å². The van der Waals surface area contributed by atoms with E-state index in [0.29, 0.717) is 12.3 Å². The molecule has 0 saturated heterocycles. The first-order chi connectivity index (χ1) is 9.24. The summed E-state index contributed by atoms with van der Waals surface area (Å²) in [6, 6.07) is 13.8. The third-order valence-corrected chi connectivity index (χ3v) is 3.55. The van der Waals surface area contributed by atoms with Crippen molar-refractivity contribution in [2.45, 2.75) is 18.4 Å². The molecule has 0 fully saturated rings. The molecule has 0 radical (unpaired) electrons. The van der Waals surface area contributed by atoms with Gasteiger partial charge in [0.15, 0.2) is 0 Å². The molecule has 0 aliphatic heterocycles. The van der Waals surface area contributed by atoms with E-state index in [4.69, 9.17) is 0 Å². The van der Waals surface area contributed by atoms with Crippen LogP contribution >= 0.6 is 11.8 Å². The molecule has 2 rings (SSSR count). The van der Waals surface area contributed by atoms with Crippen LogP contribution in [0.15, 0.2) is 53.6 Å². The molecule has 3 nitrogen and oxygen atoms in total. The molecule has 1 amide bonds. The van der Waals surface area contributed by atoms with Gasteiger partial charge in [-0.1, -0.05) is 23.8 Å². The van der Waals surface area contributed by atoms with E-state index in [9.17, 15) is 4.79 Å². The Hall–Kier alpha value is -1.81. The van der Waals surface area contributed by atoms with E-state index in [2.05, 4.69) is 16.4 Å². The monoisotopic (exact) mass is 272 g/mol. The lowest BCUT2D eigenvalue weighted by Gasteiger charge is -2.05. The third kappa shape index (κ3) is 4.75. The van der Waals surface area contributed by atoms with Gasteiger partial charge < -0.3 is 5.32 Å². The second-order valence-corrected chi connectivity index (χ2v) is 5.25. The maximum Gasteiger partial charge on any atom is 0.230 e. The molecule has 1 N–H and O–H groups in total. The number of benzene rings is 1. The maximum absolute atomic E-state index is 11.7. The van der Waals surface area contributed by atoms with Gasteiger partial charge in [0.2, 0.25) is 5.91 Å². The Kier molecular flexibility index (Phi) is 4.98. The van der Waals surface area contributed by atoms with Crippen molar-refractivity contribution in [3.05, 3.63) is 59.9 Å². The number of nitrogens with one attached hydrogen (secondary N) is 1. The predicted molar refractivity (Wildman–Crippen MR) is 78.0 cm³/mol. The van der Waals surface area contributed by atoms with Gasteiger partial charge in [-0.3, -0.25) is 9.78 Å². The van der Waals surface area contributed by atoms with Gasteiger partial charge >= 0.3 is 0 Å². The zero-order valence-corrected chi connectivity index (χ0v) is 11.6. The van der Waals surface area contributed by atoms with Crippen LogP contribution in [0.1, 0.15) is 11.3 Å². The van der Waals surface area contributed by atoms with Crippen molar-refractivity contribution >= 4 is 17.7 Å². The number of rotatable bonds is 5. The van der Waals surface area contributed by atoms with Gasteiger partial charge in [0.1, 0.15) is 0 Å². The Morgan fingerprint density at radius 2 is 2.16 bits per heavy atom. The van der Waals surface area contributed by atoms with Gasteiger partial charge in [0.05, 0.1) is 18.0 Å². The van der Waals surface area contributed by atoms with Crippen LogP contribution in [0.3, 0.4) is 0 Å². The Bertz CT molecular complexity index is 543. The number of pyridine rings is 1. The van der Waals surface area contributed by atoms with Crippen molar-refractivity contribution in [1.29, 1.82) is 0 Å². The van der Waals surface area contributed by atoms with Gasteiger partial charge in [0, 0.05) is 11.1 Å². The van der Waals surface area contributed by atoms with Gasteiger partial charge in [-0.2, -0.15) is 0 Å². The number of carbonyl (C=O) groups excluding carboxylic acids is 1. The van der Waals surface area contributed by atoms with Gasteiger partial charge in [-0.05, 0) is 31.2 Å². The first-order valence-corrected chi connectivity index (χ1v) is 7.09. The summed E-state index contributed by atoms with van der Waals surface area (Å²) in [5.41, 5.74) is 2.08. The molecule has 2 aromatic rings. The highest BCUT2D eigenvalue weighted by Crippen LogP contribution is 2.18. The highest BCUT2D eigenvalue weighted by molar-refractivity contribution is 8.00. The Balaban J connectivity index is 1.76. The summed E-state index contributed by atoms with van der Waals surface area (Å²) in [7, 11) is 0. The Labute approximate surface area is 117 Å². The number of carbonyl (C=O) groups is 1. The van der Waals surface area contributed by atoms with Crippen molar-refractivity contribution in [3.63, 3.8) is 0 Å². The van der Waals surface area contributed by atoms with E-state index in [0.717, 1.165) is 10.6 Å². The quantitative estimate of drug-likeness (QED) is 0.851. The molecule has 0 spiro atoms. The number of hydrogen-bond acceptors (Lipinski definition) is 3. The molecule has 19 heavy (non-hydrogen) atoms. The van der Waals surface area contributed by atoms with E-state index in [1.807, 2.05) is 43.3 Å². The molecule has 1 heterocycles. The summed E-state index contributed by atoms with van der Waals surface area (Å²) in [4.78, 5) is 17.0. The largest absolute Gasteiger partial charge is 0.350 e. The molecule has 0 saturated carbocycles. The highest BCUT2D eigenvalue weighted by Gasteiger charge is 2.03. The normalized spacial score (nSPS) is 10.2. The summed E-state index contributed by atoms with van der Waals surface area (Å²) < 4.78 is 0. The van der Waals surface area contributed by atoms with Crippen LogP contribution in [0, 0.1) is 6.92 Å². The summed E-state index contributed by atoms with van der Waals surface area (Å²) >= 11 is 1.55. The minimum Gasteiger partial charge on any atom is -0.350 e. The van der Waals surface area contributed by atoms with Crippen LogP contribution < -0.4 is 5.32 Å². The van der Waals surface area contributed by atoms with Crippen LogP contribution in [0.25, 0.3) is 0 Å².